The minimum absolute atomic E-state index is 0.00611. The third-order valence-electron chi connectivity index (χ3n) is 4.28. The summed E-state index contributed by atoms with van der Waals surface area (Å²) in [6.07, 6.45) is 0.898. The summed E-state index contributed by atoms with van der Waals surface area (Å²) >= 11 is 1.43. The van der Waals surface area contributed by atoms with Gasteiger partial charge in [0.15, 0.2) is 5.17 Å². The van der Waals surface area contributed by atoms with Gasteiger partial charge in [0.1, 0.15) is 5.58 Å². The van der Waals surface area contributed by atoms with Crippen LogP contribution in [-0.4, -0.2) is 5.17 Å². The molecule has 0 unspecified atom stereocenters. The lowest BCUT2D eigenvalue weighted by Gasteiger charge is -2.09. The lowest BCUT2D eigenvalue weighted by Crippen LogP contribution is -2.09. The Hall–Kier alpha value is -2.53. The standard InChI is InChI=1S/C21H22N2O2S/c1-3-15-9-10-18-17(12-20(24)25-19(18)11-15)13-26-21(22)23-14(2)16-7-5-4-6-8-16/h4-12,14H,3,13H2,1-2H3,(H2,22,23)/t14-/m1/s1. The van der Waals surface area contributed by atoms with Crippen molar-refractivity contribution in [2.45, 2.75) is 32.1 Å². The predicted octanol–water partition coefficient (Wildman–Crippen LogP) is 4.66. The number of hydrogen-bond donors (Lipinski definition) is 1. The largest absolute Gasteiger partial charge is 0.423 e. The molecule has 0 aliphatic rings. The molecule has 26 heavy (non-hydrogen) atoms. The van der Waals surface area contributed by atoms with E-state index in [9.17, 15) is 4.79 Å². The summed E-state index contributed by atoms with van der Waals surface area (Å²) in [7, 11) is 0. The van der Waals surface area contributed by atoms with Gasteiger partial charge in [-0.2, -0.15) is 0 Å². The van der Waals surface area contributed by atoms with Crippen LogP contribution >= 0.6 is 11.8 Å². The predicted molar refractivity (Wildman–Crippen MR) is 110 cm³/mol. The van der Waals surface area contributed by atoms with Gasteiger partial charge in [-0.25, -0.2) is 4.79 Å². The molecular formula is C21H22N2O2S. The third kappa shape index (κ3) is 4.35. The SMILES string of the molecule is CCc1ccc2c(CSC(N)=N[C@H](C)c3ccccc3)cc(=O)oc2c1. The van der Waals surface area contributed by atoms with Crippen molar-refractivity contribution >= 4 is 27.9 Å². The van der Waals surface area contributed by atoms with Crippen LogP contribution in [0.1, 0.15) is 36.6 Å². The van der Waals surface area contributed by atoms with Gasteiger partial charge in [-0.3, -0.25) is 4.99 Å². The zero-order chi connectivity index (χ0) is 18.5. The highest BCUT2D eigenvalue weighted by Crippen LogP contribution is 2.24. The molecule has 2 aromatic carbocycles. The minimum Gasteiger partial charge on any atom is -0.423 e. The number of rotatable bonds is 5. The van der Waals surface area contributed by atoms with Crippen molar-refractivity contribution in [1.29, 1.82) is 0 Å². The van der Waals surface area contributed by atoms with Gasteiger partial charge >= 0.3 is 5.63 Å². The monoisotopic (exact) mass is 366 g/mol. The number of hydrogen-bond acceptors (Lipinski definition) is 4. The molecule has 1 aromatic heterocycles. The molecule has 0 amide bonds. The van der Waals surface area contributed by atoms with Gasteiger partial charge in [0, 0.05) is 17.2 Å². The molecule has 0 spiro atoms. The molecule has 1 atom stereocenters. The van der Waals surface area contributed by atoms with Crippen LogP contribution in [-0.2, 0) is 12.2 Å². The number of benzene rings is 2. The van der Waals surface area contributed by atoms with Gasteiger partial charge in [0.05, 0.1) is 6.04 Å². The molecule has 0 saturated carbocycles. The Morgan fingerprint density at radius 1 is 1.19 bits per heavy atom. The molecule has 3 aromatic rings. The van der Waals surface area contributed by atoms with E-state index in [-0.39, 0.29) is 11.7 Å². The van der Waals surface area contributed by atoms with Gasteiger partial charge in [0.2, 0.25) is 0 Å². The Balaban J connectivity index is 1.79. The maximum absolute atomic E-state index is 11.9. The summed E-state index contributed by atoms with van der Waals surface area (Å²) in [6.45, 7) is 4.09. The number of aryl methyl sites for hydroxylation is 1. The van der Waals surface area contributed by atoms with E-state index in [1.807, 2.05) is 49.4 Å². The first-order valence-electron chi connectivity index (χ1n) is 8.63. The maximum atomic E-state index is 11.9. The second-order valence-electron chi connectivity index (χ2n) is 6.12. The minimum atomic E-state index is -0.338. The number of nitrogens with zero attached hydrogens (tertiary/aromatic N) is 1. The molecule has 2 N–H and O–H groups in total. The summed E-state index contributed by atoms with van der Waals surface area (Å²) in [5, 5.41) is 1.45. The quantitative estimate of drug-likeness (QED) is 0.405. The van der Waals surface area contributed by atoms with Crippen LogP contribution < -0.4 is 11.4 Å². The normalized spacial score (nSPS) is 13.1. The molecule has 134 valence electrons. The lowest BCUT2D eigenvalue weighted by molar-refractivity contribution is 0.559. The number of nitrogens with two attached hydrogens (primary N) is 1. The van der Waals surface area contributed by atoms with E-state index < -0.39 is 0 Å². The van der Waals surface area contributed by atoms with Gasteiger partial charge in [0.25, 0.3) is 0 Å². The molecule has 4 nitrogen and oxygen atoms in total. The van der Waals surface area contributed by atoms with Crippen molar-refractivity contribution in [2.24, 2.45) is 10.7 Å². The molecule has 0 bridgehead atoms. The molecule has 1 heterocycles. The van der Waals surface area contributed by atoms with Gasteiger partial charge < -0.3 is 10.2 Å². The fraction of sp³-hybridized carbons (Fsp3) is 0.238. The lowest BCUT2D eigenvalue weighted by atomic mass is 10.1. The van der Waals surface area contributed by atoms with Crippen LogP contribution in [0.25, 0.3) is 11.0 Å². The van der Waals surface area contributed by atoms with Crippen molar-refractivity contribution in [3.63, 3.8) is 0 Å². The topological polar surface area (TPSA) is 68.6 Å². The van der Waals surface area contributed by atoms with Crippen molar-refractivity contribution in [3.05, 3.63) is 81.7 Å². The summed E-state index contributed by atoms with van der Waals surface area (Å²) in [5.41, 5.74) is 9.56. The molecule has 0 aliphatic carbocycles. The fourth-order valence-corrected chi connectivity index (χ4v) is 3.57. The van der Waals surface area contributed by atoms with Crippen LogP contribution in [0.4, 0.5) is 0 Å². The highest BCUT2D eigenvalue weighted by Gasteiger charge is 2.09. The number of thioether (sulfide) groups is 1. The van der Waals surface area contributed by atoms with E-state index in [0.29, 0.717) is 16.5 Å². The first-order valence-corrected chi connectivity index (χ1v) is 9.62. The average Bonchev–Trinajstić information content (AvgIpc) is 2.66. The summed E-state index contributed by atoms with van der Waals surface area (Å²) in [6, 6.07) is 17.6. The van der Waals surface area contributed by atoms with Crippen molar-refractivity contribution < 1.29 is 4.42 Å². The Morgan fingerprint density at radius 3 is 2.69 bits per heavy atom. The fourth-order valence-electron chi connectivity index (χ4n) is 2.80. The second-order valence-corrected chi connectivity index (χ2v) is 7.11. The Labute approximate surface area is 157 Å². The van der Waals surface area contributed by atoms with Crippen LogP contribution in [0.3, 0.4) is 0 Å². The molecule has 0 radical (unpaired) electrons. The number of aliphatic imine (C=N–C) groups is 1. The van der Waals surface area contributed by atoms with Crippen LogP contribution in [0.5, 0.6) is 0 Å². The molecule has 0 fully saturated rings. The number of amidine groups is 1. The van der Waals surface area contributed by atoms with Crippen LogP contribution in [0.2, 0.25) is 0 Å². The van der Waals surface area contributed by atoms with Gasteiger partial charge in [-0.1, -0.05) is 61.2 Å². The van der Waals surface area contributed by atoms with Crippen molar-refractivity contribution in [1.82, 2.24) is 0 Å². The molecule has 3 rings (SSSR count). The molecule has 5 heteroatoms. The van der Waals surface area contributed by atoms with E-state index in [1.54, 1.807) is 0 Å². The Morgan fingerprint density at radius 2 is 1.96 bits per heavy atom. The van der Waals surface area contributed by atoms with Crippen LogP contribution in [0, 0.1) is 0 Å². The maximum Gasteiger partial charge on any atom is 0.336 e. The average molecular weight is 366 g/mol. The third-order valence-corrected chi connectivity index (χ3v) is 5.14. The zero-order valence-corrected chi connectivity index (χ0v) is 15.8. The summed E-state index contributed by atoms with van der Waals surface area (Å²) < 4.78 is 5.35. The smallest absolute Gasteiger partial charge is 0.336 e. The molecule has 0 saturated heterocycles. The Bertz CT molecular complexity index is 980. The van der Waals surface area contributed by atoms with Crippen LogP contribution in [0.15, 0.2) is 68.8 Å². The first kappa shape index (κ1) is 18.3. The Kier molecular flexibility index (Phi) is 5.78. The zero-order valence-electron chi connectivity index (χ0n) is 14.9. The molecule has 0 aliphatic heterocycles. The van der Waals surface area contributed by atoms with E-state index in [0.717, 1.165) is 28.5 Å². The highest BCUT2D eigenvalue weighted by atomic mass is 32.2. The second kappa shape index (κ2) is 8.23. The van der Waals surface area contributed by atoms with Gasteiger partial charge in [-0.15, -0.1) is 0 Å². The van der Waals surface area contributed by atoms with E-state index in [1.165, 1.54) is 17.8 Å². The van der Waals surface area contributed by atoms with E-state index >= 15 is 0 Å². The summed E-state index contributed by atoms with van der Waals surface area (Å²) in [4.78, 5) is 16.4. The van der Waals surface area contributed by atoms with Gasteiger partial charge in [-0.05, 0) is 36.1 Å². The molecular weight excluding hydrogens is 344 g/mol. The summed E-state index contributed by atoms with van der Waals surface area (Å²) in [5.74, 6) is 0.574. The van der Waals surface area contributed by atoms with Crippen molar-refractivity contribution in [2.75, 3.05) is 0 Å². The van der Waals surface area contributed by atoms with E-state index in [4.69, 9.17) is 10.2 Å². The number of fused-ring (bicyclic) bond motifs is 1. The first-order chi connectivity index (χ1) is 12.6. The highest BCUT2D eigenvalue weighted by molar-refractivity contribution is 8.13. The van der Waals surface area contributed by atoms with E-state index in [2.05, 4.69) is 18.0 Å². The van der Waals surface area contributed by atoms with Crippen molar-refractivity contribution in [3.8, 4) is 0 Å².